The second kappa shape index (κ2) is 8.95. The second-order valence-electron chi connectivity index (χ2n) is 6.68. The van der Waals surface area contributed by atoms with Crippen molar-refractivity contribution in [3.8, 4) is 5.95 Å². The van der Waals surface area contributed by atoms with E-state index in [4.69, 9.17) is 11.6 Å². The second-order valence-corrected chi connectivity index (χ2v) is 7.04. The molecule has 0 aliphatic rings. The smallest absolute Gasteiger partial charge is 0.290 e. The van der Waals surface area contributed by atoms with Crippen molar-refractivity contribution in [1.82, 2.24) is 19.7 Å². The minimum atomic E-state index is -0.503. The number of hydrogen-bond acceptors (Lipinski definition) is 7. The van der Waals surface area contributed by atoms with Gasteiger partial charge in [-0.2, -0.15) is 14.8 Å². The van der Waals surface area contributed by atoms with Gasteiger partial charge in [-0.15, -0.1) is 5.11 Å². The van der Waals surface area contributed by atoms with Crippen LogP contribution >= 0.6 is 11.6 Å². The zero-order valence-corrected chi connectivity index (χ0v) is 17.5. The largest absolute Gasteiger partial charge is 0.301 e. The maximum Gasteiger partial charge on any atom is 0.301 e. The van der Waals surface area contributed by atoms with Crippen molar-refractivity contribution in [3.63, 3.8) is 0 Å². The van der Waals surface area contributed by atoms with Gasteiger partial charge in [-0.25, -0.2) is 4.98 Å². The molecule has 1 N–H and O–H groups in total. The normalized spacial score (nSPS) is 11.3. The van der Waals surface area contributed by atoms with Gasteiger partial charge in [0, 0.05) is 23.4 Å². The van der Waals surface area contributed by atoms with Crippen LogP contribution in [0, 0.1) is 24.0 Å². The third-order valence-corrected chi connectivity index (χ3v) is 4.81. The monoisotopic (exact) mass is 429 g/mol. The van der Waals surface area contributed by atoms with Crippen LogP contribution in [0.5, 0.6) is 0 Å². The van der Waals surface area contributed by atoms with E-state index in [1.165, 1.54) is 28.9 Å². The highest BCUT2D eigenvalue weighted by Gasteiger charge is 2.17. The molecule has 2 aromatic heterocycles. The van der Waals surface area contributed by atoms with E-state index < -0.39 is 10.5 Å². The number of halogens is 1. The summed E-state index contributed by atoms with van der Waals surface area (Å²) in [4.78, 5) is 31.7. The summed E-state index contributed by atoms with van der Waals surface area (Å²) < 4.78 is 1.17. The molecule has 2 heterocycles. The van der Waals surface area contributed by atoms with E-state index in [0.29, 0.717) is 22.2 Å². The Morgan fingerprint density at radius 1 is 1.20 bits per heavy atom. The van der Waals surface area contributed by atoms with Crippen LogP contribution in [0.1, 0.15) is 36.7 Å². The number of nitrogens with one attached hydrogen (secondary N) is 1. The average Bonchev–Trinajstić information content (AvgIpc) is 2.99. The van der Waals surface area contributed by atoms with Crippen molar-refractivity contribution < 1.29 is 4.92 Å². The molecule has 1 aromatic carbocycles. The molecule has 0 aliphatic heterocycles. The molecular formula is C19H20ClN7O3. The number of aromatic amines is 1. The van der Waals surface area contributed by atoms with Crippen LogP contribution in [0.4, 0.5) is 17.1 Å². The predicted molar refractivity (Wildman–Crippen MR) is 112 cm³/mol. The maximum absolute atomic E-state index is 12.8. The van der Waals surface area contributed by atoms with Crippen LogP contribution < -0.4 is 5.56 Å². The Morgan fingerprint density at radius 2 is 1.90 bits per heavy atom. The first-order valence-electron chi connectivity index (χ1n) is 9.33. The molecular weight excluding hydrogens is 410 g/mol. The molecule has 0 atom stereocenters. The number of benzene rings is 1. The number of nitrogens with zero attached hydrogens (tertiary/aromatic N) is 6. The zero-order chi connectivity index (χ0) is 21.8. The van der Waals surface area contributed by atoms with Gasteiger partial charge in [0.25, 0.3) is 11.6 Å². The molecule has 30 heavy (non-hydrogen) atoms. The molecule has 0 bridgehead atoms. The lowest BCUT2D eigenvalue weighted by Gasteiger charge is -2.09. The highest BCUT2D eigenvalue weighted by atomic mass is 35.5. The molecule has 0 unspecified atom stereocenters. The summed E-state index contributed by atoms with van der Waals surface area (Å²) in [6, 6.07) is 5.53. The zero-order valence-electron chi connectivity index (χ0n) is 16.7. The van der Waals surface area contributed by atoms with E-state index in [0.717, 1.165) is 24.8 Å². The van der Waals surface area contributed by atoms with Crippen molar-refractivity contribution in [3.05, 3.63) is 66.8 Å². The van der Waals surface area contributed by atoms with Gasteiger partial charge in [-0.1, -0.05) is 24.9 Å². The fourth-order valence-electron chi connectivity index (χ4n) is 2.83. The first-order valence-corrected chi connectivity index (χ1v) is 9.70. The summed E-state index contributed by atoms with van der Waals surface area (Å²) in [6.07, 6.45) is 2.77. The Labute approximate surface area is 176 Å². The topological polar surface area (TPSA) is 131 Å². The molecule has 10 nitrogen and oxygen atoms in total. The van der Waals surface area contributed by atoms with Crippen LogP contribution in [-0.2, 0) is 6.42 Å². The number of unbranched alkanes of at least 4 members (excludes halogenated alkanes) is 1. The summed E-state index contributed by atoms with van der Waals surface area (Å²) in [7, 11) is 0. The molecule has 0 aliphatic carbocycles. The third kappa shape index (κ3) is 4.43. The first kappa shape index (κ1) is 21.3. The molecule has 11 heteroatoms. The van der Waals surface area contributed by atoms with E-state index in [-0.39, 0.29) is 17.3 Å². The quantitative estimate of drug-likeness (QED) is 0.247. The van der Waals surface area contributed by atoms with Crippen molar-refractivity contribution in [2.75, 3.05) is 0 Å². The van der Waals surface area contributed by atoms with Gasteiger partial charge < -0.3 is 0 Å². The Kier molecular flexibility index (Phi) is 6.36. The Morgan fingerprint density at radius 3 is 2.50 bits per heavy atom. The van der Waals surface area contributed by atoms with Crippen molar-refractivity contribution in [1.29, 1.82) is 0 Å². The summed E-state index contributed by atoms with van der Waals surface area (Å²) in [5.41, 5.74) is 1.99. The average molecular weight is 430 g/mol. The number of hydrogen-bond donors (Lipinski definition) is 1. The van der Waals surface area contributed by atoms with Gasteiger partial charge in [0.2, 0.25) is 0 Å². The molecule has 0 saturated heterocycles. The molecule has 0 radical (unpaired) electrons. The van der Waals surface area contributed by atoms with Crippen LogP contribution in [0.15, 0.2) is 39.3 Å². The van der Waals surface area contributed by atoms with E-state index in [1.54, 1.807) is 6.92 Å². The van der Waals surface area contributed by atoms with Gasteiger partial charge in [0.1, 0.15) is 5.15 Å². The number of nitro benzene ring substituents is 1. The SMILES string of the molecule is CCCCc1c(C)nc(-n2[nH]c(C)c(N=Nc3ccc([N+](=O)[O-])cc3)c2=O)nc1Cl. The molecule has 3 rings (SSSR count). The van der Waals surface area contributed by atoms with Crippen molar-refractivity contribution >= 4 is 28.7 Å². The third-order valence-electron chi connectivity index (χ3n) is 4.50. The molecule has 3 aromatic rings. The van der Waals surface area contributed by atoms with Gasteiger partial charge >= 0.3 is 5.56 Å². The van der Waals surface area contributed by atoms with Crippen molar-refractivity contribution in [2.24, 2.45) is 10.2 Å². The van der Waals surface area contributed by atoms with Crippen LogP contribution in [0.3, 0.4) is 0 Å². The summed E-state index contributed by atoms with van der Waals surface area (Å²) in [6.45, 7) is 5.59. The van der Waals surface area contributed by atoms with Crippen molar-refractivity contribution in [2.45, 2.75) is 40.0 Å². The summed E-state index contributed by atoms with van der Waals surface area (Å²) in [5.74, 6) is 0.127. The van der Waals surface area contributed by atoms with Gasteiger partial charge in [0.15, 0.2) is 5.69 Å². The molecule has 0 spiro atoms. The summed E-state index contributed by atoms with van der Waals surface area (Å²) >= 11 is 6.33. The van der Waals surface area contributed by atoms with E-state index in [9.17, 15) is 14.9 Å². The van der Waals surface area contributed by atoms with Crippen LogP contribution in [0.2, 0.25) is 5.15 Å². The minimum absolute atomic E-state index is 0.0547. The highest BCUT2D eigenvalue weighted by Crippen LogP contribution is 2.23. The number of H-pyrrole nitrogens is 1. The number of nitro groups is 1. The van der Waals surface area contributed by atoms with E-state index in [1.807, 2.05) is 6.92 Å². The number of aryl methyl sites for hydroxylation is 2. The van der Waals surface area contributed by atoms with Crippen LogP contribution in [0.25, 0.3) is 5.95 Å². The Hall–Kier alpha value is -3.40. The minimum Gasteiger partial charge on any atom is -0.290 e. The number of non-ortho nitro benzene ring substituents is 1. The van der Waals surface area contributed by atoms with Crippen LogP contribution in [-0.4, -0.2) is 24.7 Å². The van der Waals surface area contributed by atoms with Gasteiger partial charge in [-0.05, 0) is 38.8 Å². The fourth-order valence-corrected chi connectivity index (χ4v) is 3.14. The Balaban J connectivity index is 1.92. The first-order chi connectivity index (χ1) is 14.3. The lowest BCUT2D eigenvalue weighted by atomic mass is 10.1. The highest BCUT2D eigenvalue weighted by molar-refractivity contribution is 6.30. The van der Waals surface area contributed by atoms with E-state index in [2.05, 4.69) is 32.2 Å². The Bertz CT molecular complexity index is 1140. The maximum atomic E-state index is 12.8. The lowest BCUT2D eigenvalue weighted by molar-refractivity contribution is -0.384. The molecule has 0 amide bonds. The molecule has 156 valence electrons. The predicted octanol–water partition coefficient (Wildman–Crippen LogP) is 4.89. The fraction of sp³-hybridized carbons (Fsp3) is 0.316. The number of azo groups is 1. The van der Waals surface area contributed by atoms with E-state index >= 15 is 0 Å². The standard InChI is InChI=1S/C19H20ClN7O3/c1-4-5-6-15-11(2)21-19(22-17(15)20)26-18(28)16(12(3)25-26)24-23-13-7-9-14(10-8-13)27(29)30/h7-10,25H,4-6H2,1-3H3. The summed E-state index contributed by atoms with van der Waals surface area (Å²) in [5, 5.41) is 21.9. The molecule has 0 fully saturated rings. The molecule has 0 saturated carbocycles. The van der Waals surface area contributed by atoms with Gasteiger partial charge in [0.05, 0.1) is 16.3 Å². The lowest BCUT2D eigenvalue weighted by Crippen LogP contribution is -2.18. The number of aromatic nitrogens is 4. The van der Waals surface area contributed by atoms with Gasteiger partial charge in [-0.3, -0.25) is 20.0 Å². The number of rotatable bonds is 7.